The lowest BCUT2D eigenvalue weighted by molar-refractivity contribution is -0.120. The molecule has 1 aromatic heterocycles. The Balaban J connectivity index is 2.29. The van der Waals surface area contributed by atoms with Crippen LogP contribution in [0, 0.1) is 0 Å². The summed E-state index contributed by atoms with van der Waals surface area (Å²) in [5, 5.41) is 0. The van der Waals surface area contributed by atoms with Gasteiger partial charge < -0.3 is 15.4 Å². The molecule has 0 saturated carbocycles. The lowest BCUT2D eigenvalue weighted by Crippen LogP contribution is -2.42. The number of nitrogens with zero attached hydrogens (tertiary/aromatic N) is 2. The van der Waals surface area contributed by atoms with Gasteiger partial charge >= 0.3 is 5.69 Å². The van der Waals surface area contributed by atoms with Gasteiger partial charge in [-0.2, -0.15) is 0 Å². The van der Waals surface area contributed by atoms with Gasteiger partial charge in [0, 0.05) is 13.1 Å². The maximum Gasteiger partial charge on any atom is 0.330 e. The largest absolute Gasteiger partial charge is 0.484 e. The number of hydrogen-bond acceptors (Lipinski definition) is 5. The van der Waals surface area contributed by atoms with E-state index in [0.29, 0.717) is 12.3 Å². The van der Waals surface area contributed by atoms with Crippen LogP contribution in [0.1, 0.15) is 26.7 Å². The molecule has 0 spiro atoms. The van der Waals surface area contributed by atoms with E-state index in [0.717, 1.165) is 12.8 Å². The van der Waals surface area contributed by atoms with Gasteiger partial charge in [-0.05, 0) is 25.5 Å². The monoisotopic (exact) mass is 360 g/mol. The van der Waals surface area contributed by atoms with Gasteiger partial charge in [-0.1, -0.05) is 31.5 Å². The second kappa shape index (κ2) is 8.89. The minimum absolute atomic E-state index is 0.0119. The van der Waals surface area contributed by atoms with Crippen molar-refractivity contribution in [2.75, 3.05) is 23.8 Å². The molecule has 26 heavy (non-hydrogen) atoms. The summed E-state index contributed by atoms with van der Waals surface area (Å²) in [6.45, 7) is 4.05. The number of nitrogens with one attached hydrogen (secondary N) is 1. The van der Waals surface area contributed by atoms with Gasteiger partial charge in [0.05, 0.1) is 0 Å². The van der Waals surface area contributed by atoms with Gasteiger partial charge in [0.25, 0.3) is 11.5 Å². The Morgan fingerprint density at radius 1 is 1.23 bits per heavy atom. The fraction of sp³-hybridized carbons (Fsp3) is 0.389. The second-order valence-corrected chi connectivity index (χ2v) is 5.74. The Bertz CT molecular complexity index is 858. The Hall–Kier alpha value is -3.03. The number of likely N-dealkylation sites (N-methyl/N-ethyl adjacent to an activating group) is 1. The molecule has 0 unspecified atom stereocenters. The number of carbonyl (C=O) groups excluding carboxylic acids is 1. The van der Waals surface area contributed by atoms with E-state index in [1.807, 2.05) is 13.0 Å². The van der Waals surface area contributed by atoms with E-state index in [2.05, 4.69) is 4.98 Å². The summed E-state index contributed by atoms with van der Waals surface area (Å²) >= 11 is 0. The zero-order valence-electron chi connectivity index (χ0n) is 15.0. The molecule has 140 valence electrons. The number of hydrogen-bond donors (Lipinski definition) is 2. The molecule has 2 rings (SSSR count). The van der Waals surface area contributed by atoms with E-state index in [1.165, 1.54) is 9.47 Å². The number of nitrogen functional groups attached to an aromatic ring is 1. The van der Waals surface area contributed by atoms with Crippen LogP contribution in [-0.4, -0.2) is 28.6 Å². The molecule has 0 saturated heterocycles. The van der Waals surface area contributed by atoms with E-state index < -0.39 is 17.2 Å². The zero-order valence-corrected chi connectivity index (χ0v) is 15.0. The highest BCUT2D eigenvalue weighted by Gasteiger charge is 2.23. The molecule has 2 aromatic rings. The number of H-pyrrole nitrogens is 1. The maximum atomic E-state index is 12.6. The van der Waals surface area contributed by atoms with Crippen LogP contribution in [0.5, 0.6) is 5.75 Å². The van der Waals surface area contributed by atoms with Crippen LogP contribution in [0.4, 0.5) is 11.5 Å². The van der Waals surface area contributed by atoms with Crippen molar-refractivity contribution in [1.29, 1.82) is 0 Å². The van der Waals surface area contributed by atoms with Crippen LogP contribution in [-0.2, 0) is 11.3 Å². The molecule has 0 aliphatic rings. The van der Waals surface area contributed by atoms with E-state index >= 15 is 0 Å². The molecule has 8 heteroatoms. The predicted molar refractivity (Wildman–Crippen MR) is 101 cm³/mol. The molecule has 1 heterocycles. The van der Waals surface area contributed by atoms with Crippen LogP contribution in [0.2, 0.25) is 0 Å². The van der Waals surface area contributed by atoms with Gasteiger partial charge in [-0.3, -0.25) is 19.1 Å². The standard InChI is InChI=1S/C18H24N4O4/c1-3-5-11-22-16(19)15(17(24)20-18(22)25)21(4-2)14(23)12-26-13-9-7-6-8-10-13/h6-10H,3-5,11-12,19H2,1-2H3,(H,20,24,25). The lowest BCUT2D eigenvalue weighted by Gasteiger charge is -2.23. The van der Waals surface area contributed by atoms with Crippen LogP contribution in [0.3, 0.4) is 0 Å². The number of para-hydroxylation sites is 1. The molecule has 0 atom stereocenters. The van der Waals surface area contributed by atoms with Crippen molar-refractivity contribution >= 4 is 17.4 Å². The molecular weight excluding hydrogens is 336 g/mol. The van der Waals surface area contributed by atoms with Gasteiger partial charge in [0.1, 0.15) is 11.6 Å². The van der Waals surface area contributed by atoms with Gasteiger partial charge in [0.15, 0.2) is 12.3 Å². The Morgan fingerprint density at radius 2 is 1.92 bits per heavy atom. The number of rotatable bonds is 8. The van der Waals surface area contributed by atoms with Crippen LogP contribution in [0.15, 0.2) is 39.9 Å². The topological polar surface area (TPSA) is 110 Å². The number of aromatic nitrogens is 2. The van der Waals surface area contributed by atoms with Crippen molar-refractivity contribution in [3.63, 3.8) is 0 Å². The number of carbonyl (C=O) groups is 1. The lowest BCUT2D eigenvalue weighted by atomic mass is 10.3. The zero-order chi connectivity index (χ0) is 19.1. The normalized spacial score (nSPS) is 10.5. The summed E-state index contributed by atoms with van der Waals surface area (Å²) in [4.78, 5) is 40.3. The highest BCUT2D eigenvalue weighted by molar-refractivity contribution is 5.96. The quantitative estimate of drug-likeness (QED) is 0.738. The molecular formula is C18H24N4O4. The van der Waals surface area contributed by atoms with Crippen molar-refractivity contribution in [2.45, 2.75) is 33.2 Å². The van der Waals surface area contributed by atoms with Gasteiger partial charge in [-0.15, -0.1) is 0 Å². The fourth-order valence-electron chi connectivity index (χ4n) is 2.58. The van der Waals surface area contributed by atoms with Crippen molar-refractivity contribution in [2.24, 2.45) is 0 Å². The number of ether oxygens (including phenoxy) is 1. The summed E-state index contributed by atoms with van der Waals surface area (Å²) in [5.74, 6) is 0.114. The SMILES string of the molecule is CCCCn1c(N)c(N(CC)C(=O)COc2ccccc2)c(=O)[nH]c1=O. The third-order valence-electron chi connectivity index (χ3n) is 3.94. The van der Waals surface area contributed by atoms with Crippen molar-refractivity contribution in [1.82, 2.24) is 9.55 Å². The Labute approximate surface area is 151 Å². The van der Waals surface area contributed by atoms with Crippen molar-refractivity contribution < 1.29 is 9.53 Å². The number of benzene rings is 1. The summed E-state index contributed by atoms with van der Waals surface area (Å²) in [5.41, 5.74) is 4.77. The average molecular weight is 360 g/mol. The number of nitrogens with two attached hydrogens (primary N) is 1. The summed E-state index contributed by atoms with van der Waals surface area (Å²) in [6, 6.07) is 8.89. The smallest absolute Gasteiger partial charge is 0.330 e. The molecule has 1 aromatic carbocycles. The number of anilines is 2. The first-order valence-electron chi connectivity index (χ1n) is 8.60. The summed E-state index contributed by atoms with van der Waals surface area (Å²) < 4.78 is 6.74. The molecule has 1 amide bonds. The van der Waals surface area contributed by atoms with Crippen LogP contribution < -0.4 is 26.6 Å². The van der Waals surface area contributed by atoms with E-state index in [9.17, 15) is 14.4 Å². The second-order valence-electron chi connectivity index (χ2n) is 5.74. The van der Waals surface area contributed by atoms with Crippen molar-refractivity contribution in [3.05, 3.63) is 51.2 Å². The van der Waals surface area contributed by atoms with Gasteiger partial charge in [0.2, 0.25) is 0 Å². The van der Waals surface area contributed by atoms with Crippen LogP contribution in [0.25, 0.3) is 0 Å². The number of aromatic amines is 1. The molecule has 0 bridgehead atoms. The maximum absolute atomic E-state index is 12.6. The predicted octanol–water partition coefficient (Wildman–Crippen LogP) is 1.35. The van der Waals surface area contributed by atoms with E-state index in [1.54, 1.807) is 31.2 Å². The van der Waals surface area contributed by atoms with Gasteiger partial charge in [-0.25, -0.2) is 4.79 Å². The average Bonchev–Trinajstić information content (AvgIpc) is 2.63. The van der Waals surface area contributed by atoms with E-state index in [-0.39, 0.29) is 24.7 Å². The molecule has 8 nitrogen and oxygen atoms in total. The number of amides is 1. The number of unbranched alkanes of at least 4 members (excludes halogenated alkanes) is 1. The highest BCUT2D eigenvalue weighted by Crippen LogP contribution is 2.17. The highest BCUT2D eigenvalue weighted by atomic mass is 16.5. The minimum Gasteiger partial charge on any atom is -0.484 e. The molecule has 0 radical (unpaired) electrons. The third-order valence-corrected chi connectivity index (χ3v) is 3.94. The molecule has 0 fully saturated rings. The van der Waals surface area contributed by atoms with Crippen molar-refractivity contribution in [3.8, 4) is 5.75 Å². The summed E-state index contributed by atoms with van der Waals surface area (Å²) in [7, 11) is 0. The first-order valence-corrected chi connectivity index (χ1v) is 8.60. The first-order chi connectivity index (χ1) is 12.5. The first kappa shape index (κ1) is 19.3. The third kappa shape index (κ3) is 4.33. The molecule has 0 aliphatic carbocycles. The van der Waals surface area contributed by atoms with Crippen LogP contribution >= 0.6 is 0 Å². The van der Waals surface area contributed by atoms with E-state index in [4.69, 9.17) is 10.5 Å². The Kier molecular flexibility index (Phi) is 6.60. The summed E-state index contributed by atoms with van der Waals surface area (Å²) in [6.07, 6.45) is 1.59. The fourth-order valence-corrected chi connectivity index (χ4v) is 2.58. The molecule has 0 aliphatic heterocycles. The minimum atomic E-state index is -0.685. The molecule has 3 N–H and O–H groups in total. The Morgan fingerprint density at radius 3 is 2.54 bits per heavy atom.